The molecule has 6 heteroatoms. The quantitative estimate of drug-likeness (QED) is 0.437. The number of hydrogen-bond donors (Lipinski definition) is 2. The van der Waals surface area contributed by atoms with E-state index >= 15 is 0 Å². The zero-order valence-corrected chi connectivity index (χ0v) is 12.6. The van der Waals surface area contributed by atoms with E-state index in [0.29, 0.717) is 11.1 Å². The van der Waals surface area contributed by atoms with Crippen molar-refractivity contribution < 1.29 is 14.6 Å². The fraction of sp³-hybridized carbons (Fsp3) is 0.0556. The summed E-state index contributed by atoms with van der Waals surface area (Å²) >= 11 is 0. The van der Waals surface area contributed by atoms with Crippen molar-refractivity contribution >= 4 is 22.6 Å². The van der Waals surface area contributed by atoms with Crippen LogP contribution < -0.4 is 0 Å². The fourth-order valence-corrected chi connectivity index (χ4v) is 2.19. The third-order valence-corrected chi connectivity index (χ3v) is 3.38. The van der Waals surface area contributed by atoms with Gasteiger partial charge in [0, 0.05) is 0 Å². The molecule has 2 N–H and O–H groups in total. The minimum absolute atomic E-state index is 0.0629. The van der Waals surface area contributed by atoms with Crippen molar-refractivity contribution in [1.82, 2.24) is 9.97 Å². The molecular weight excluding hydrogens is 306 g/mol. The van der Waals surface area contributed by atoms with Gasteiger partial charge in [-0.2, -0.15) is 5.26 Å². The molecule has 0 saturated carbocycles. The van der Waals surface area contributed by atoms with Gasteiger partial charge >= 0.3 is 5.97 Å². The summed E-state index contributed by atoms with van der Waals surface area (Å²) in [6.07, 6.45) is 0. The Kier molecular flexibility index (Phi) is 4.25. The molecule has 24 heavy (non-hydrogen) atoms. The Morgan fingerprint density at radius 1 is 1.17 bits per heavy atom. The molecule has 0 spiro atoms. The van der Waals surface area contributed by atoms with E-state index in [0.717, 1.165) is 5.52 Å². The normalized spacial score (nSPS) is 11.6. The Hall–Kier alpha value is -3.59. The molecule has 0 aliphatic rings. The molecule has 0 amide bonds. The average molecular weight is 319 g/mol. The number of rotatable bonds is 4. The van der Waals surface area contributed by atoms with E-state index in [-0.39, 0.29) is 17.2 Å². The molecule has 3 rings (SSSR count). The maximum Gasteiger partial charge on any atom is 0.338 e. The van der Waals surface area contributed by atoms with Crippen LogP contribution in [0.15, 0.2) is 60.4 Å². The van der Waals surface area contributed by atoms with Crippen molar-refractivity contribution in [1.29, 1.82) is 5.26 Å². The number of H-pyrrole nitrogens is 1. The summed E-state index contributed by atoms with van der Waals surface area (Å²) in [5, 5.41) is 19.4. The maximum absolute atomic E-state index is 11.9. The summed E-state index contributed by atoms with van der Waals surface area (Å²) in [6.45, 7) is -0.409. The van der Waals surface area contributed by atoms with E-state index in [9.17, 15) is 15.2 Å². The van der Waals surface area contributed by atoms with Gasteiger partial charge in [-0.05, 0) is 24.3 Å². The van der Waals surface area contributed by atoms with Gasteiger partial charge < -0.3 is 14.8 Å². The van der Waals surface area contributed by atoms with Crippen LogP contribution in [-0.4, -0.2) is 27.7 Å². The van der Waals surface area contributed by atoms with Gasteiger partial charge in [0.2, 0.25) is 0 Å². The molecule has 0 unspecified atom stereocenters. The summed E-state index contributed by atoms with van der Waals surface area (Å²) in [7, 11) is 0. The predicted octanol–water partition coefficient (Wildman–Crippen LogP) is 3.21. The number of carbonyl (C=O) groups excluding carboxylic acids is 1. The molecule has 1 aromatic heterocycles. The Balaban J connectivity index is 1.80. The summed E-state index contributed by atoms with van der Waals surface area (Å²) < 4.78 is 5.03. The molecule has 2 aromatic carbocycles. The predicted molar refractivity (Wildman–Crippen MR) is 88.0 cm³/mol. The number of hydrogen-bond acceptors (Lipinski definition) is 5. The number of allylic oxidation sites excluding steroid dienone is 1. The zero-order chi connectivity index (χ0) is 16.9. The van der Waals surface area contributed by atoms with Crippen molar-refractivity contribution in [2.75, 3.05) is 6.61 Å². The number of aliphatic hydroxyl groups is 1. The van der Waals surface area contributed by atoms with Gasteiger partial charge in [-0.15, -0.1) is 0 Å². The number of aromatic amines is 1. The van der Waals surface area contributed by atoms with Gasteiger partial charge in [0.25, 0.3) is 0 Å². The highest BCUT2D eigenvalue weighted by atomic mass is 16.5. The van der Waals surface area contributed by atoms with Crippen LogP contribution in [0.3, 0.4) is 0 Å². The number of esters is 1. The number of benzene rings is 2. The SMILES string of the molecule is N#CC(=C(O)COC(=O)c1ccccc1)c1nc2ccccc2[nH]1. The Labute approximate surface area is 137 Å². The monoisotopic (exact) mass is 319 g/mol. The van der Waals surface area contributed by atoms with E-state index in [1.807, 2.05) is 24.3 Å². The highest BCUT2D eigenvalue weighted by Crippen LogP contribution is 2.19. The number of nitrogens with zero attached hydrogens (tertiary/aromatic N) is 2. The van der Waals surface area contributed by atoms with Crippen LogP contribution in [0.4, 0.5) is 0 Å². The van der Waals surface area contributed by atoms with Crippen LogP contribution in [0.2, 0.25) is 0 Å². The number of aliphatic hydroxyl groups excluding tert-OH is 1. The molecule has 0 atom stereocenters. The lowest BCUT2D eigenvalue weighted by Gasteiger charge is -2.05. The number of para-hydroxylation sites is 2. The van der Waals surface area contributed by atoms with Gasteiger partial charge in [-0.25, -0.2) is 9.78 Å². The molecular formula is C18H13N3O3. The topological polar surface area (TPSA) is 99.0 Å². The zero-order valence-electron chi connectivity index (χ0n) is 12.6. The fourth-order valence-electron chi connectivity index (χ4n) is 2.19. The smallest absolute Gasteiger partial charge is 0.338 e. The lowest BCUT2D eigenvalue weighted by atomic mass is 10.2. The van der Waals surface area contributed by atoms with E-state index in [2.05, 4.69) is 9.97 Å². The van der Waals surface area contributed by atoms with Crippen molar-refractivity contribution in [2.45, 2.75) is 0 Å². The van der Waals surface area contributed by atoms with E-state index in [1.54, 1.807) is 36.4 Å². The Morgan fingerprint density at radius 2 is 1.88 bits per heavy atom. The van der Waals surface area contributed by atoms with Crippen LogP contribution in [0.25, 0.3) is 16.6 Å². The van der Waals surface area contributed by atoms with Gasteiger partial charge in [0.05, 0.1) is 16.6 Å². The largest absolute Gasteiger partial charge is 0.507 e. The van der Waals surface area contributed by atoms with Crippen molar-refractivity contribution in [2.24, 2.45) is 0 Å². The minimum Gasteiger partial charge on any atom is -0.507 e. The molecule has 0 radical (unpaired) electrons. The summed E-state index contributed by atoms with van der Waals surface area (Å²) in [5.41, 5.74) is 1.73. The lowest BCUT2D eigenvalue weighted by molar-refractivity contribution is 0.0503. The van der Waals surface area contributed by atoms with Crippen molar-refractivity contribution in [3.8, 4) is 6.07 Å². The molecule has 0 aliphatic carbocycles. The van der Waals surface area contributed by atoms with E-state index < -0.39 is 12.6 Å². The number of fused-ring (bicyclic) bond motifs is 1. The third kappa shape index (κ3) is 3.10. The molecule has 0 saturated heterocycles. The molecule has 118 valence electrons. The van der Waals surface area contributed by atoms with Gasteiger partial charge in [0.15, 0.2) is 11.6 Å². The molecule has 0 fully saturated rings. The average Bonchev–Trinajstić information content (AvgIpc) is 3.04. The van der Waals surface area contributed by atoms with Crippen LogP contribution in [0.1, 0.15) is 16.2 Å². The first-order valence-electron chi connectivity index (χ1n) is 7.18. The Morgan fingerprint density at radius 3 is 2.58 bits per heavy atom. The number of nitriles is 1. The second kappa shape index (κ2) is 6.67. The number of imidazole rings is 1. The standard InChI is InChI=1S/C18H13N3O3/c19-10-13(17-20-14-8-4-5-9-15(14)21-17)16(22)11-24-18(23)12-6-2-1-3-7-12/h1-9,22H,11H2,(H,20,21). The van der Waals surface area contributed by atoms with Crippen molar-refractivity contribution in [3.05, 3.63) is 71.7 Å². The van der Waals surface area contributed by atoms with Gasteiger partial charge in [-0.3, -0.25) is 0 Å². The first kappa shape index (κ1) is 15.3. The molecule has 6 nitrogen and oxygen atoms in total. The Bertz CT molecular complexity index is 919. The highest BCUT2D eigenvalue weighted by Gasteiger charge is 2.15. The molecule has 0 bridgehead atoms. The number of nitrogens with one attached hydrogen (secondary N) is 1. The van der Waals surface area contributed by atoms with Crippen LogP contribution in [-0.2, 0) is 4.74 Å². The van der Waals surface area contributed by atoms with E-state index in [1.165, 1.54) is 0 Å². The van der Waals surface area contributed by atoms with Crippen LogP contribution in [0.5, 0.6) is 0 Å². The molecule has 1 heterocycles. The second-order valence-electron chi connectivity index (χ2n) is 4.98. The first-order valence-corrected chi connectivity index (χ1v) is 7.18. The first-order chi connectivity index (χ1) is 11.7. The third-order valence-electron chi connectivity index (χ3n) is 3.38. The van der Waals surface area contributed by atoms with Gasteiger partial charge in [-0.1, -0.05) is 30.3 Å². The minimum atomic E-state index is -0.580. The second-order valence-corrected chi connectivity index (χ2v) is 4.98. The summed E-state index contributed by atoms with van der Waals surface area (Å²) in [5.74, 6) is -0.711. The van der Waals surface area contributed by atoms with E-state index in [4.69, 9.17) is 4.74 Å². The number of ether oxygens (including phenoxy) is 1. The number of aromatic nitrogens is 2. The maximum atomic E-state index is 11.9. The number of carbonyl (C=O) groups is 1. The highest BCUT2D eigenvalue weighted by molar-refractivity contribution is 5.89. The summed E-state index contributed by atoms with van der Waals surface area (Å²) in [6, 6.07) is 17.6. The van der Waals surface area contributed by atoms with Crippen LogP contribution in [0, 0.1) is 11.3 Å². The van der Waals surface area contributed by atoms with Crippen molar-refractivity contribution in [3.63, 3.8) is 0 Å². The van der Waals surface area contributed by atoms with Crippen LogP contribution >= 0.6 is 0 Å². The van der Waals surface area contributed by atoms with Gasteiger partial charge in [0.1, 0.15) is 18.2 Å². The summed E-state index contributed by atoms with van der Waals surface area (Å²) in [4.78, 5) is 19.1. The molecule has 0 aliphatic heterocycles. The molecule has 3 aromatic rings. The lowest BCUT2D eigenvalue weighted by Crippen LogP contribution is -2.09.